The molecule has 0 radical (unpaired) electrons. The molecule has 0 aliphatic carbocycles. The fourth-order valence-corrected chi connectivity index (χ4v) is 3.60. The first-order valence-corrected chi connectivity index (χ1v) is 8.47. The highest BCUT2D eigenvalue weighted by Crippen LogP contribution is 2.32. The van der Waals surface area contributed by atoms with Gasteiger partial charge in [-0.25, -0.2) is 9.78 Å². The molecule has 9 nitrogen and oxygen atoms in total. The van der Waals surface area contributed by atoms with E-state index >= 15 is 0 Å². The SMILES string of the molecule is Cn1cnnc1[C@@H]1CCCN1C(=O)Nc1cn[nH]c1-c1nccs1. The smallest absolute Gasteiger partial charge is 0.319 e. The van der Waals surface area contributed by atoms with Crippen molar-refractivity contribution < 1.29 is 4.79 Å². The Hall–Kier alpha value is -2.75. The van der Waals surface area contributed by atoms with E-state index in [2.05, 4.69) is 30.7 Å². The molecule has 1 aliphatic rings. The molecule has 0 aromatic carbocycles. The first-order valence-electron chi connectivity index (χ1n) is 7.59. The normalized spacial score (nSPS) is 17.4. The molecule has 0 bridgehead atoms. The third-order valence-electron chi connectivity index (χ3n) is 4.09. The van der Waals surface area contributed by atoms with Gasteiger partial charge in [0.05, 0.1) is 17.9 Å². The van der Waals surface area contributed by atoms with Gasteiger partial charge < -0.3 is 14.8 Å². The zero-order chi connectivity index (χ0) is 16.5. The van der Waals surface area contributed by atoms with Gasteiger partial charge in [-0.2, -0.15) is 5.10 Å². The minimum atomic E-state index is -0.167. The summed E-state index contributed by atoms with van der Waals surface area (Å²) in [7, 11) is 1.89. The Balaban J connectivity index is 1.55. The number of urea groups is 1. The van der Waals surface area contributed by atoms with Crippen molar-refractivity contribution in [1.82, 2.24) is 34.8 Å². The first-order chi connectivity index (χ1) is 11.7. The molecule has 2 N–H and O–H groups in total. The molecule has 1 saturated heterocycles. The Morgan fingerprint density at radius 3 is 3.17 bits per heavy atom. The van der Waals surface area contributed by atoms with Crippen LogP contribution in [0, 0.1) is 0 Å². The lowest BCUT2D eigenvalue weighted by atomic mass is 10.2. The van der Waals surface area contributed by atoms with Gasteiger partial charge in [-0.15, -0.1) is 21.5 Å². The Morgan fingerprint density at radius 2 is 2.42 bits per heavy atom. The van der Waals surface area contributed by atoms with Crippen molar-refractivity contribution in [3.05, 3.63) is 29.9 Å². The number of H-pyrrole nitrogens is 1. The minimum Gasteiger partial charge on any atom is -0.319 e. The molecule has 0 saturated carbocycles. The number of amides is 2. The molecule has 1 aliphatic heterocycles. The van der Waals surface area contributed by atoms with Crippen molar-refractivity contribution in [2.75, 3.05) is 11.9 Å². The predicted molar refractivity (Wildman–Crippen MR) is 88.4 cm³/mol. The first kappa shape index (κ1) is 14.8. The van der Waals surface area contributed by atoms with Crippen LogP contribution in [0.5, 0.6) is 0 Å². The lowest BCUT2D eigenvalue weighted by Gasteiger charge is -2.24. The van der Waals surface area contributed by atoms with Gasteiger partial charge in [-0.1, -0.05) is 0 Å². The Bertz CT molecular complexity index is 839. The summed E-state index contributed by atoms with van der Waals surface area (Å²) in [5, 5.41) is 20.6. The van der Waals surface area contributed by atoms with Crippen LogP contribution < -0.4 is 5.32 Å². The predicted octanol–water partition coefficient (Wildman–Crippen LogP) is 2.03. The number of aromatic amines is 1. The Kier molecular flexibility index (Phi) is 3.73. The number of likely N-dealkylation sites (tertiary alicyclic amines) is 1. The van der Waals surface area contributed by atoms with E-state index in [-0.39, 0.29) is 12.1 Å². The summed E-state index contributed by atoms with van der Waals surface area (Å²) in [6.45, 7) is 0.688. The van der Waals surface area contributed by atoms with Crippen molar-refractivity contribution in [1.29, 1.82) is 0 Å². The molecular formula is C14H16N8OS. The molecule has 3 aromatic heterocycles. The van der Waals surface area contributed by atoms with Crippen LogP contribution in [0.25, 0.3) is 10.7 Å². The highest BCUT2D eigenvalue weighted by molar-refractivity contribution is 7.13. The highest BCUT2D eigenvalue weighted by Gasteiger charge is 2.33. The van der Waals surface area contributed by atoms with Crippen LogP contribution in [0.15, 0.2) is 24.1 Å². The number of rotatable bonds is 3. The molecule has 2 amide bonds. The van der Waals surface area contributed by atoms with Gasteiger partial charge in [0.2, 0.25) is 0 Å². The number of aromatic nitrogens is 6. The maximum atomic E-state index is 12.8. The fourth-order valence-electron chi connectivity index (χ4n) is 2.95. The van der Waals surface area contributed by atoms with Crippen LogP contribution in [-0.4, -0.2) is 47.4 Å². The second-order valence-corrected chi connectivity index (χ2v) is 6.47. The quantitative estimate of drug-likeness (QED) is 0.756. The van der Waals surface area contributed by atoms with Gasteiger partial charge in [0.1, 0.15) is 17.0 Å². The molecule has 124 valence electrons. The number of aryl methyl sites for hydroxylation is 1. The highest BCUT2D eigenvalue weighted by atomic mass is 32.1. The summed E-state index contributed by atoms with van der Waals surface area (Å²) >= 11 is 1.49. The van der Waals surface area contributed by atoms with Crippen molar-refractivity contribution in [2.45, 2.75) is 18.9 Å². The average Bonchev–Trinajstić information content (AvgIpc) is 3.34. The zero-order valence-electron chi connectivity index (χ0n) is 13.0. The van der Waals surface area contributed by atoms with E-state index in [1.54, 1.807) is 23.6 Å². The molecule has 10 heteroatoms. The molecule has 0 unspecified atom stereocenters. The molecule has 24 heavy (non-hydrogen) atoms. The molecule has 0 spiro atoms. The standard InChI is InChI=1S/C14H16N8OS/c1-21-8-17-20-12(21)10-3-2-5-22(10)14(23)18-9-7-16-19-11(9)13-15-4-6-24-13/h4,6-8,10H,2-3,5H2,1H3,(H,16,19)(H,18,23)/t10-/m0/s1. The molecule has 1 atom stereocenters. The van der Waals surface area contributed by atoms with Crippen LogP contribution in [0.1, 0.15) is 24.7 Å². The molecular weight excluding hydrogens is 328 g/mol. The largest absolute Gasteiger partial charge is 0.322 e. The number of nitrogens with zero attached hydrogens (tertiary/aromatic N) is 6. The van der Waals surface area contributed by atoms with Gasteiger partial charge in [0.25, 0.3) is 0 Å². The second-order valence-electron chi connectivity index (χ2n) is 5.58. The number of hydrogen-bond donors (Lipinski definition) is 2. The number of carbonyl (C=O) groups is 1. The number of anilines is 1. The van der Waals surface area contributed by atoms with E-state index in [9.17, 15) is 4.79 Å². The lowest BCUT2D eigenvalue weighted by Crippen LogP contribution is -2.35. The van der Waals surface area contributed by atoms with Crippen LogP contribution in [-0.2, 0) is 7.05 Å². The average molecular weight is 344 g/mol. The zero-order valence-corrected chi connectivity index (χ0v) is 13.8. The minimum absolute atomic E-state index is 0.0623. The lowest BCUT2D eigenvalue weighted by molar-refractivity contribution is 0.204. The van der Waals surface area contributed by atoms with Crippen LogP contribution >= 0.6 is 11.3 Å². The summed E-state index contributed by atoms with van der Waals surface area (Å²) in [6.07, 6.45) is 6.79. The summed E-state index contributed by atoms with van der Waals surface area (Å²) in [4.78, 5) is 18.8. The van der Waals surface area contributed by atoms with E-state index in [0.29, 0.717) is 17.9 Å². The molecule has 4 rings (SSSR count). The monoisotopic (exact) mass is 344 g/mol. The van der Waals surface area contributed by atoms with Gasteiger partial charge in [-0.05, 0) is 12.8 Å². The van der Waals surface area contributed by atoms with E-state index < -0.39 is 0 Å². The van der Waals surface area contributed by atoms with E-state index in [1.807, 2.05) is 17.0 Å². The van der Waals surface area contributed by atoms with Gasteiger partial charge in [0, 0.05) is 25.2 Å². The fraction of sp³-hybridized carbons (Fsp3) is 0.357. The maximum Gasteiger partial charge on any atom is 0.322 e. The molecule has 3 aromatic rings. The number of nitrogens with one attached hydrogen (secondary N) is 2. The van der Waals surface area contributed by atoms with Crippen LogP contribution in [0.4, 0.5) is 10.5 Å². The summed E-state index contributed by atoms with van der Waals surface area (Å²) in [5.41, 5.74) is 1.34. The summed E-state index contributed by atoms with van der Waals surface area (Å²) in [5.74, 6) is 0.801. The Morgan fingerprint density at radius 1 is 1.50 bits per heavy atom. The third-order valence-corrected chi connectivity index (χ3v) is 4.88. The number of hydrogen-bond acceptors (Lipinski definition) is 6. The van der Waals surface area contributed by atoms with Gasteiger partial charge in [0.15, 0.2) is 5.82 Å². The van der Waals surface area contributed by atoms with Gasteiger partial charge >= 0.3 is 6.03 Å². The Labute approximate surface area is 141 Å². The van der Waals surface area contributed by atoms with E-state index in [0.717, 1.165) is 23.7 Å². The summed E-state index contributed by atoms with van der Waals surface area (Å²) in [6, 6.07) is -0.229. The van der Waals surface area contributed by atoms with Crippen molar-refractivity contribution in [2.24, 2.45) is 7.05 Å². The second kappa shape index (κ2) is 6.04. The number of thiazole rings is 1. The van der Waals surface area contributed by atoms with Crippen molar-refractivity contribution in [3.63, 3.8) is 0 Å². The van der Waals surface area contributed by atoms with E-state index in [1.165, 1.54) is 11.3 Å². The van der Waals surface area contributed by atoms with Gasteiger partial charge in [-0.3, -0.25) is 5.10 Å². The van der Waals surface area contributed by atoms with Crippen molar-refractivity contribution >= 4 is 23.1 Å². The van der Waals surface area contributed by atoms with Crippen molar-refractivity contribution in [3.8, 4) is 10.7 Å². The third kappa shape index (κ3) is 2.54. The number of carbonyl (C=O) groups excluding carboxylic acids is 1. The topological polar surface area (TPSA) is 105 Å². The molecule has 1 fully saturated rings. The van der Waals surface area contributed by atoms with Crippen LogP contribution in [0.2, 0.25) is 0 Å². The van der Waals surface area contributed by atoms with Crippen LogP contribution in [0.3, 0.4) is 0 Å². The maximum absolute atomic E-state index is 12.8. The summed E-state index contributed by atoms with van der Waals surface area (Å²) < 4.78 is 1.86. The van der Waals surface area contributed by atoms with E-state index in [4.69, 9.17) is 0 Å². The molecule has 4 heterocycles.